The zero-order chi connectivity index (χ0) is 17.4. The van der Waals surface area contributed by atoms with Gasteiger partial charge in [0.05, 0.1) is 5.01 Å². The number of aryl methyl sites for hydroxylation is 1. The lowest BCUT2D eigenvalue weighted by Gasteiger charge is -2.22. The summed E-state index contributed by atoms with van der Waals surface area (Å²) in [6.07, 6.45) is 6.07. The van der Waals surface area contributed by atoms with Gasteiger partial charge in [-0.3, -0.25) is 4.99 Å². The fraction of sp³-hybridized carbons (Fsp3) is 0.444. The fourth-order valence-corrected chi connectivity index (χ4v) is 3.64. The van der Waals surface area contributed by atoms with Crippen molar-refractivity contribution in [2.75, 3.05) is 26.9 Å². The van der Waals surface area contributed by atoms with Crippen LogP contribution in [0.3, 0.4) is 0 Å². The number of nitrogens with one attached hydrogen (secondary N) is 1. The molecule has 4 nitrogen and oxygen atoms in total. The second-order valence-electron chi connectivity index (χ2n) is 5.50. The maximum absolute atomic E-state index is 4.46. The molecule has 0 spiro atoms. The summed E-state index contributed by atoms with van der Waals surface area (Å²) in [5.41, 5.74) is 1.28. The fourth-order valence-electron chi connectivity index (χ4n) is 2.37. The molecule has 24 heavy (non-hydrogen) atoms. The average molecular weight is 363 g/mol. The van der Waals surface area contributed by atoms with E-state index in [9.17, 15) is 0 Å². The van der Waals surface area contributed by atoms with E-state index in [2.05, 4.69) is 64.7 Å². The third-order valence-electron chi connectivity index (χ3n) is 3.72. The van der Waals surface area contributed by atoms with E-state index in [0.717, 1.165) is 31.9 Å². The zero-order valence-corrected chi connectivity index (χ0v) is 16.5. The van der Waals surface area contributed by atoms with Crippen LogP contribution >= 0.6 is 23.1 Å². The SMILES string of the molecule is CCc1cnc(CCNC(=NC)N(C)Cc2ccc(SC)cc2)s1. The molecule has 2 aromatic rings. The Labute approximate surface area is 153 Å². The van der Waals surface area contributed by atoms with Crippen LogP contribution in [0, 0.1) is 0 Å². The molecule has 0 aliphatic rings. The molecule has 0 aliphatic heterocycles. The molecule has 6 heteroatoms. The molecular weight excluding hydrogens is 336 g/mol. The Morgan fingerprint density at radius 2 is 2.08 bits per heavy atom. The second kappa shape index (κ2) is 9.69. The van der Waals surface area contributed by atoms with E-state index in [4.69, 9.17) is 0 Å². The third-order valence-corrected chi connectivity index (χ3v) is 5.67. The molecule has 1 aromatic carbocycles. The molecule has 0 atom stereocenters. The van der Waals surface area contributed by atoms with Crippen molar-refractivity contribution in [2.45, 2.75) is 31.2 Å². The van der Waals surface area contributed by atoms with Crippen molar-refractivity contribution in [3.63, 3.8) is 0 Å². The topological polar surface area (TPSA) is 40.5 Å². The molecule has 0 fully saturated rings. The number of aromatic nitrogens is 1. The predicted molar refractivity (Wildman–Crippen MR) is 106 cm³/mol. The van der Waals surface area contributed by atoms with Crippen LogP contribution in [0.4, 0.5) is 0 Å². The van der Waals surface area contributed by atoms with Crippen molar-refractivity contribution in [3.05, 3.63) is 45.9 Å². The van der Waals surface area contributed by atoms with Crippen LogP contribution in [-0.2, 0) is 19.4 Å². The number of benzene rings is 1. The van der Waals surface area contributed by atoms with Gasteiger partial charge in [-0.15, -0.1) is 23.1 Å². The molecule has 0 saturated carbocycles. The van der Waals surface area contributed by atoms with E-state index in [0.29, 0.717) is 0 Å². The van der Waals surface area contributed by atoms with Crippen LogP contribution in [0.15, 0.2) is 40.4 Å². The maximum atomic E-state index is 4.46. The van der Waals surface area contributed by atoms with Crippen molar-refractivity contribution < 1.29 is 0 Å². The Morgan fingerprint density at radius 1 is 1.33 bits per heavy atom. The van der Waals surface area contributed by atoms with E-state index < -0.39 is 0 Å². The molecule has 0 bridgehead atoms. The van der Waals surface area contributed by atoms with Crippen molar-refractivity contribution >= 4 is 29.1 Å². The van der Waals surface area contributed by atoms with Gasteiger partial charge in [0.25, 0.3) is 0 Å². The third kappa shape index (κ3) is 5.53. The summed E-state index contributed by atoms with van der Waals surface area (Å²) in [5, 5.41) is 4.61. The summed E-state index contributed by atoms with van der Waals surface area (Å²) in [6.45, 7) is 3.85. The molecule has 0 saturated heterocycles. The van der Waals surface area contributed by atoms with Gasteiger partial charge in [-0.2, -0.15) is 0 Å². The molecule has 2 rings (SSSR count). The van der Waals surface area contributed by atoms with Gasteiger partial charge in [0.15, 0.2) is 5.96 Å². The first kappa shape index (κ1) is 18.8. The Balaban J connectivity index is 1.83. The molecule has 1 aromatic heterocycles. The molecule has 1 N–H and O–H groups in total. The number of hydrogen-bond donors (Lipinski definition) is 1. The number of nitrogens with zero attached hydrogens (tertiary/aromatic N) is 3. The number of thioether (sulfide) groups is 1. The summed E-state index contributed by atoms with van der Waals surface area (Å²) in [7, 11) is 3.89. The Bertz CT molecular complexity index is 649. The van der Waals surface area contributed by atoms with Gasteiger partial charge in [-0.1, -0.05) is 19.1 Å². The van der Waals surface area contributed by atoms with Gasteiger partial charge < -0.3 is 10.2 Å². The molecule has 0 aliphatic carbocycles. The van der Waals surface area contributed by atoms with Crippen LogP contribution in [0.5, 0.6) is 0 Å². The number of guanidine groups is 1. The van der Waals surface area contributed by atoms with Gasteiger partial charge >= 0.3 is 0 Å². The minimum Gasteiger partial charge on any atom is -0.356 e. The molecule has 0 radical (unpaired) electrons. The van der Waals surface area contributed by atoms with Crippen molar-refractivity contribution in [2.24, 2.45) is 4.99 Å². The maximum Gasteiger partial charge on any atom is 0.193 e. The molecule has 0 unspecified atom stereocenters. The smallest absolute Gasteiger partial charge is 0.193 e. The van der Waals surface area contributed by atoms with Crippen molar-refractivity contribution in [1.29, 1.82) is 0 Å². The number of rotatable bonds is 7. The lowest BCUT2D eigenvalue weighted by Crippen LogP contribution is -2.39. The predicted octanol–water partition coefficient (Wildman–Crippen LogP) is 3.68. The van der Waals surface area contributed by atoms with Gasteiger partial charge in [0, 0.05) is 49.6 Å². The van der Waals surface area contributed by atoms with E-state index in [1.54, 1.807) is 23.1 Å². The summed E-state index contributed by atoms with van der Waals surface area (Å²) in [6, 6.07) is 8.69. The number of thiazole rings is 1. The van der Waals surface area contributed by atoms with Gasteiger partial charge in [0.1, 0.15) is 0 Å². The highest BCUT2D eigenvalue weighted by Gasteiger charge is 2.07. The first-order valence-corrected chi connectivity index (χ1v) is 10.2. The van der Waals surface area contributed by atoms with Crippen LogP contribution in [0.25, 0.3) is 0 Å². The van der Waals surface area contributed by atoms with Crippen LogP contribution < -0.4 is 5.32 Å². The standard InChI is InChI=1S/C18H26N4S2/c1-5-15-12-21-17(24-15)10-11-20-18(19-2)22(3)13-14-6-8-16(23-4)9-7-14/h6-9,12H,5,10-11,13H2,1-4H3,(H,19,20). The van der Waals surface area contributed by atoms with E-state index in [1.165, 1.54) is 20.3 Å². The van der Waals surface area contributed by atoms with Crippen molar-refractivity contribution in [3.8, 4) is 0 Å². The van der Waals surface area contributed by atoms with Gasteiger partial charge in [-0.05, 0) is 30.4 Å². The highest BCUT2D eigenvalue weighted by Crippen LogP contribution is 2.16. The summed E-state index contributed by atoms with van der Waals surface area (Å²) >= 11 is 3.56. The van der Waals surface area contributed by atoms with Gasteiger partial charge in [-0.25, -0.2) is 4.98 Å². The number of aliphatic imine (C=N–C) groups is 1. The first-order valence-electron chi connectivity index (χ1n) is 8.14. The van der Waals surface area contributed by atoms with Crippen LogP contribution in [0.2, 0.25) is 0 Å². The quantitative estimate of drug-likeness (QED) is 0.463. The lowest BCUT2D eigenvalue weighted by atomic mass is 10.2. The Morgan fingerprint density at radius 3 is 2.67 bits per heavy atom. The summed E-state index contributed by atoms with van der Waals surface area (Å²) < 4.78 is 0. The van der Waals surface area contributed by atoms with E-state index in [1.807, 2.05) is 13.2 Å². The normalized spacial score (nSPS) is 11.6. The number of hydrogen-bond acceptors (Lipinski definition) is 4. The zero-order valence-electron chi connectivity index (χ0n) is 14.9. The molecule has 130 valence electrons. The minimum atomic E-state index is 0.839. The highest BCUT2D eigenvalue weighted by molar-refractivity contribution is 7.98. The first-order chi connectivity index (χ1) is 11.7. The van der Waals surface area contributed by atoms with Gasteiger partial charge in [0.2, 0.25) is 0 Å². The summed E-state index contributed by atoms with van der Waals surface area (Å²) in [4.78, 5) is 13.6. The molecule has 0 amide bonds. The van der Waals surface area contributed by atoms with Crippen LogP contribution in [0.1, 0.15) is 22.4 Å². The summed E-state index contributed by atoms with van der Waals surface area (Å²) in [5.74, 6) is 0.913. The lowest BCUT2D eigenvalue weighted by molar-refractivity contribution is 0.477. The Hall–Kier alpha value is -1.53. The van der Waals surface area contributed by atoms with Crippen LogP contribution in [-0.4, -0.2) is 42.7 Å². The second-order valence-corrected chi connectivity index (χ2v) is 7.58. The van der Waals surface area contributed by atoms with Crippen molar-refractivity contribution in [1.82, 2.24) is 15.2 Å². The highest BCUT2D eigenvalue weighted by atomic mass is 32.2. The van der Waals surface area contributed by atoms with E-state index in [-0.39, 0.29) is 0 Å². The monoisotopic (exact) mass is 362 g/mol. The molecular formula is C18H26N4S2. The van der Waals surface area contributed by atoms with E-state index >= 15 is 0 Å². The largest absolute Gasteiger partial charge is 0.356 e. The Kier molecular flexibility index (Phi) is 7.59. The minimum absolute atomic E-state index is 0.839. The molecule has 1 heterocycles. The average Bonchev–Trinajstić information content (AvgIpc) is 3.07.